The number of methoxy groups -OCH3 is 1. The molecule has 0 aromatic heterocycles. The van der Waals surface area contributed by atoms with E-state index in [0.29, 0.717) is 13.0 Å². The second-order valence-electron chi connectivity index (χ2n) is 5.13. The lowest BCUT2D eigenvalue weighted by atomic mass is 10.1. The number of nitrogens with one attached hydrogen (secondary N) is 2. The zero-order valence-corrected chi connectivity index (χ0v) is 14.3. The predicted molar refractivity (Wildman–Crippen MR) is 94.6 cm³/mol. The van der Waals surface area contributed by atoms with E-state index in [1.807, 2.05) is 30.3 Å². The van der Waals surface area contributed by atoms with E-state index in [1.54, 1.807) is 0 Å². The Labute approximate surface area is 150 Å². The molecule has 0 aliphatic carbocycles. The number of carbonyl (C=O) groups is 3. The number of esters is 1. The molecule has 0 saturated heterocycles. The van der Waals surface area contributed by atoms with Gasteiger partial charge in [0.25, 0.3) is 0 Å². The lowest BCUT2D eigenvalue weighted by Gasteiger charge is -2.09. The van der Waals surface area contributed by atoms with Crippen LogP contribution in [-0.2, 0) is 20.7 Å². The monoisotopic (exact) mass is 360 g/mol. The second-order valence-corrected chi connectivity index (χ2v) is 5.54. The maximum Gasteiger partial charge on any atom is 0.337 e. The highest BCUT2D eigenvalue weighted by Gasteiger charge is 2.16. The third-order valence-corrected chi connectivity index (χ3v) is 3.71. The van der Waals surface area contributed by atoms with Crippen LogP contribution in [0.1, 0.15) is 15.9 Å². The van der Waals surface area contributed by atoms with Gasteiger partial charge in [-0.25, -0.2) is 4.79 Å². The number of amides is 2. The van der Waals surface area contributed by atoms with E-state index in [0.717, 1.165) is 5.56 Å². The van der Waals surface area contributed by atoms with Crippen LogP contribution in [0.4, 0.5) is 5.69 Å². The Kier molecular flexibility index (Phi) is 6.54. The van der Waals surface area contributed by atoms with Gasteiger partial charge in [0, 0.05) is 6.54 Å². The molecular weight excluding hydrogens is 344 g/mol. The van der Waals surface area contributed by atoms with Crippen LogP contribution < -0.4 is 10.6 Å². The molecule has 0 atom stereocenters. The van der Waals surface area contributed by atoms with Crippen molar-refractivity contribution in [3.63, 3.8) is 0 Å². The quantitative estimate of drug-likeness (QED) is 0.633. The van der Waals surface area contributed by atoms with E-state index < -0.39 is 17.8 Å². The summed E-state index contributed by atoms with van der Waals surface area (Å²) < 4.78 is 4.60. The SMILES string of the molecule is COC(=O)c1ccc(Cl)c(NC(=O)C(=O)NCCc2ccccc2)c1. The second kappa shape index (κ2) is 8.84. The van der Waals surface area contributed by atoms with Gasteiger partial charge >= 0.3 is 17.8 Å². The largest absolute Gasteiger partial charge is 0.465 e. The molecule has 2 N–H and O–H groups in total. The number of rotatable bonds is 5. The molecule has 0 aliphatic rings. The summed E-state index contributed by atoms with van der Waals surface area (Å²) in [5, 5.41) is 5.13. The van der Waals surface area contributed by atoms with Crippen LogP contribution in [0.2, 0.25) is 5.02 Å². The Bertz CT molecular complexity index is 778. The van der Waals surface area contributed by atoms with E-state index in [9.17, 15) is 14.4 Å². The smallest absolute Gasteiger partial charge is 0.337 e. The van der Waals surface area contributed by atoms with Gasteiger partial charge in [0.2, 0.25) is 0 Å². The maximum absolute atomic E-state index is 12.0. The Hall–Kier alpha value is -2.86. The molecule has 0 bridgehead atoms. The molecule has 0 heterocycles. The summed E-state index contributed by atoms with van der Waals surface area (Å²) in [6.45, 7) is 0.326. The molecular formula is C18H17ClN2O4. The minimum absolute atomic E-state index is 0.160. The fourth-order valence-electron chi connectivity index (χ4n) is 2.09. The highest BCUT2D eigenvalue weighted by Crippen LogP contribution is 2.23. The Morgan fingerprint density at radius 2 is 1.76 bits per heavy atom. The van der Waals surface area contributed by atoms with Gasteiger partial charge in [0.15, 0.2) is 0 Å². The number of anilines is 1. The molecule has 25 heavy (non-hydrogen) atoms. The molecule has 2 aromatic carbocycles. The van der Waals surface area contributed by atoms with Crippen molar-refractivity contribution in [1.82, 2.24) is 5.32 Å². The van der Waals surface area contributed by atoms with Crippen molar-refractivity contribution in [3.8, 4) is 0 Å². The minimum Gasteiger partial charge on any atom is -0.465 e. The molecule has 0 saturated carbocycles. The molecule has 0 aliphatic heterocycles. The lowest BCUT2D eigenvalue weighted by Crippen LogP contribution is -2.36. The van der Waals surface area contributed by atoms with Crippen molar-refractivity contribution in [1.29, 1.82) is 0 Å². The average molecular weight is 361 g/mol. The van der Waals surface area contributed by atoms with E-state index in [4.69, 9.17) is 11.6 Å². The van der Waals surface area contributed by atoms with Gasteiger partial charge in [-0.15, -0.1) is 0 Å². The van der Waals surface area contributed by atoms with Gasteiger partial charge in [0.05, 0.1) is 23.4 Å². The molecule has 7 heteroatoms. The summed E-state index contributed by atoms with van der Waals surface area (Å²) in [7, 11) is 1.25. The summed E-state index contributed by atoms with van der Waals surface area (Å²) in [5.74, 6) is -2.22. The van der Waals surface area contributed by atoms with E-state index in [1.165, 1.54) is 25.3 Å². The first-order chi connectivity index (χ1) is 12.0. The summed E-state index contributed by atoms with van der Waals surface area (Å²) in [5.41, 5.74) is 1.43. The summed E-state index contributed by atoms with van der Waals surface area (Å²) in [6, 6.07) is 13.8. The topological polar surface area (TPSA) is 84.5 Å². The van der Waals surface area contributed by atoms with Crippen LogP contribution >= 0.6 is 11.6 Å². The number of halogens is 1. The van der Waals surface area contributed by atoms with Crippen LogP contribution in [0.25, 0.3) is 0 Å². The van der Waals surface area contributed by atoms with Crippen LogP contribution in [0.15, 0.2) is 48.5 Å². The Morgan fingerprint density at radius 1 is 1.04 bits per heavy atom. The summed E-state index contributed by atoms with van der Waals surface area (Å²) >= 11 is 5.98. The number of hydrogen-bond donors (Lipinski definition) is 2. The molecule has 0 fully saturated rings. The van der Waals surface area contributed by atoms with Crippen molar-refractivity contribution >= 4 is 35.1 Å². The normalized spacial score (nSPS) is 10.0. The van der Waals surface area contributed by atoms with Gasteiger partial charge in [0.1, 0.15) is 0 Å². The fraction of sp³-hybridized carbons (Fsp3) is 0.167. The van der Waals surface area contributed by atoms with Crippen molar-refractivity contribution in [3.05, 3.63) is 64.7 Å². The van der Waals surface area contributed by atoms with Crippen LogP contribution in [-0.4, -0.2) is 31.4 Å². The van der Waals surface area contributed by atoms with Crippen molar-refractivity contribution in [2.45, 2.75) is 6.42 Å². The van der Waals surface area contributed by atoms with E-state index in [2.05, 4.69) is 15.4 Å². The molecule has 0 spiro atoms. The van der Waals surface area contributed by atoms with Crippen LogP contribution in [0.5, 0.6) is 0 Å². The fourth-order valence-corrected chi connectivity index (χ4v) is 2.26. The van der Waals surface area contributed by atoms with Crippen LogP contribution in [0.3, 0.4) is 0 Å². The van der Waals surface area contributed by atoms with Gasteiger partial charge in [-0.1, -0.05) is 41.9 Å². The van der Waals surface area contributed by atoms with Gasteiger partial charge in [-0.05, 0) is 30.2 Å². The number of benzene rings is 2. The van der Waals surface area contributed by atoms with Gasteiger partial charge in [-0.2, -0.15) is 0 Å². The first-order valence-corrected chi connectivity index (χ1v) is 7.90. The zero-order valence-electron chi connectivity index (χ0n) is 13.5. The van der Waals surface area contributed by atoms with E-state index >= 15 is 0 Å². The van der Waals surface area contributed by atoms with Crippen molar-refractivity contribution in [2.75, 3.05) is 19.0 Å². The van der Waals surface area contributed by atoms with Crippen LogP contribution in [0, 0.1) is 0 Å². The van der Waals surface area contributed by atoms with Gasteiger partial charge in [-0.3, -0.25) is 9.59 Å². The molecule has 2 aromatic rings. The predicted octanol–water partition coefficient (Wildman–Crippen LogP) is 2.42. The van der Waals surface area contributed by atoms with Crippen molar-refractivity contribution in [2.24, 2.45) is 0 Å². The third kappa shape index (κ3) is 5.32. The maximum atomic E-state index is 12.0. The molecule has 0 radical (unpaired) electrons. The molecule has 6 nitrogen and oxygen atoms in total. The minimum atomic E-state index is -0.864. The Balaban J connectivity index is 1.92. The molecule has 2 amide bonds. The summed E-state index contributed by atoms with van der Waals surface area (Å²) in [4.78, 5) is 35.3. The first-order valence-electron chi connectivity index (χ1n) is 7.52. The standard InChI is InChI=1S/C18H17ClN2O4/c1-25-18(24)13-7-8-14(19)15(11-13)21-17(23)16(22)20-10-9-12-5-3-2-4-6-12/h2-8,11H,9-10H2,1H3,(H,20,22)(H,21,23). The number of ether oxygens (including phenoxy) is 1. The molecule has 0 unspecified atom stereocenters. The Morgan fingerprint density at radius 3 is 2.44 bits per heavy atom. The number of hydrogen-bond acceptors (Lipinski definition) is 4. The molecule has 130 valence electrons. The highest BCUT2D eigenvalue weighted by molar-refractivity contribution is 6.41. The average Bonchev–Trinajstić information content (AvgIpc) is 2.63. The van der Waals surface area contributed by atoms with Crippen molar-refractivity contribution < 1.29 is 19.1 Å². The first kappa shape index (κ1) is 18.5. The lowest BCUT2D eigenvalue weighted by molar-refractivity contribution is -0.136. The van der Waals surface area contributed by atoms with Gasteiger partial charge < -0.3 is 15.4 Å². The highest BCUT2D eigenvalue weighted by atomic mass is 35.5. The zero-order chi connectivity index (χ0) is 18.2. The summed E-state index contributed by atoms with van der Waals surface area (Å²) in [6.07, 6.45) is 0.610. The third-order valence-electron chi connectivity index (χ3n) is 3.38. The molecule has 2 rings (SSSR count). The number of carbonyl (C=O) groups excluding carboxylic acids is 3. The van der Waals surface area contributed by atoms with E-state index in [-0.39, 0.29) is 16.3 Å².